The third kappa shape index (κ3) is 2.68. The van der Waals surface area contributed by atoms with Crippen LogP contribution in [0.4, 0.5) is 0 Å². The molecule has 4 aliphatic rings. The summed E-state index contributed by atoms with van der Waals surface area (Å²) in [6, 6.07) is 0.439. The predicted molar refractivity (Wildman–Crippen MR) is 89.5 cm³/mol. The summed E-state index contributed by atoms with van der Waals surface area (Å²) in [7, 11) is 0. The second kappa shape index (κ2) is 5.79. The highest BCUT2D eigenvalue weighted by Crippen LogP contribution is 2.44. The predicted octanol–water partition coefficient (Wildman–Crippen LogP) is 0.102. The second-order valence-electron chi connectivity index (χ2n) is 7.16. The van der Waals surface area contributed by atoms with Gasteiger partial charge in [-0.25, -0.2) is 0 Å². The number of nitrogens with one attached hydrogen (secondary N) is 1. The van der Waals surface area contributed by atoms with Gasteiger partial charge in [0.15, 0.2) is 0 Å². The molecule has 6 nitrogen and oxygen atoms in total. The molecule has 23 heavy (non-hydrogen) atoms. The minimum atomic E-state index is -0.0752. The molecule has 0 aromatic rings. The van der Waals surface area contributed by atoms with E-state index in [9.17, 15) is 9.59 Å². The van der Waals surface area contributed by atoms with Gasteiger partial charge in [-0.1, -0.05) is 6.92 Å². The minimum absolute atomic E-state index is 0.0752. The van der Waals surface area contributed by atoms with E-state index in [1.807, 2.05) is 27.8 Å². The van der Waals surface area contributed by atoms with E-state index in [2.05, 4.69) is 12.2 Å². The maximum absolute atomic E-state index is 12.5. The van der Waals surface area contributed by atoms with Crippen molar-refractivity contribution in [2.24, 2.45) is 11.7 Å². The van der Waals surface area contributed by atoms with Crippen LogP contribution in [0.15, 0.2) is 11.1 Å². The van der Waals surface area contributed by atoms with Crippen LogP contribution in [-0.4, -0.2) is 64.6 Å². The Morgan fingerprint density at radius 2 is 2.30 bits per heavy atom. The summed E-state index contributed by atoms with van der Waals surface area (Å²) in [4.78, 5) is 29.2. The molecule has 0 spiro atoms. The molecule has 0 aliphatic carbocycles. The number of amides is 2. The summed E-state index contributed by atoms with van der Waals surface area (Å²) in [5.74, 6) is 0.873. The number of thioether (sulfide) groups is 1. The van der Waals surface area contributed by atoms with E-state index in [4.69, 9.17) is 5.73 Å². The van der Waals surface area contributed by atoms with E-state index in [0.29, 0.717) is 30.2 Å². The Kier molecular flexibility index (Phi) is 3.90. The van der Waals surface area contributed by atoms with Crippen LogP contribution < -0.4 is 11.1 Å². The zero-order valence-electron chi connectivity index (χ0n) is 13.4. The van der Waals surface area contributed by atoms with Gasteiger partial charge in [0.1, 0.15) is 0 Å². The van der Waals surface area contributed by atoms with Gasteiger partial charge >= 0.3 is 0 Å². The number of hydrogen-bond donors (Lipinski definition) is 2. The van der Waals surface area contributed by atoms with E-state index >= 15 is 0 Å². The van der Waals surface area contributed by atoms with Gasteiger partial charge in [0.2, 0.25) is 11.8 Å². The van der Waals surface area contributed by atoms with Crippen molar-refractivity contribution in [3.05, 3.63) is 11.1 Å². The number of carbonyl (C=O) groups excluding carboxylic acids is 2. The van der Waals surface area contributed by atoms with Crippen LogP contribution in [0.2, 0.25) is 0 Å². The number of rotatable bonds is 3. The molecule has 3 fully saturated rings. The minimum Gasteiger partial charge on any atom is -0.340 e. The second-order valence-corrected chi connectivity index (χ2v) is 8.54. The molecule has 3 saturated heterocycles. The van der Waals surface area contributed by atoms with Crippen LogP contribution >= 0.6 is 11.8 Å². The number of nitrogens with two attached hydrogens (primary N) is 1. The van der Waals surface area contributed by atoms with Crippen molar-refractivity contribution in [2.75, 3.05) is 19.6 Å². The van der Waals surface area contributed by atoms with Crippen molar-refractivity contribution in [3.8, 4) is 0 Å². The molecule has 4 rings (SSSR count). The molecule has 3 N–H and O–H groups in total. The van der Waals surface area contributed by atoms with Gasteiger partial charge in [-0.05, 0) is 12.8 Å². The van der Waals surface area contributed by atoms with Crippen LogP contribution in [0.3, 0.4) is 0 Å². The molecule has 0 radical (unpaired) electrons. The lowest BCUT2D eigenvalue weighted by molar-refractivity contribution is -0.141. The molecule has 5 atom stereocenters. The Labute approximate surface area is 140 Å². The molecule has 0 bridgehead atoms. The lowest BCUT2D eigenvalue weighted by Gasteiger charge is -2.35. The molecular formula is C16H24N4O2S. The van der Waals surface area contributed by atoms with Gasteiger partial charge < -0.3 is 20.9 Å². The lowest BCUT2D eigenvalue weighted by Crippen LogP contribution is -2.48. The van der Waals surface area contributed by atoms with Gasteiger partial charge in [0.25, 0.3) is 0 Å². The topological polar surface area (TPSA) is 78.7 Å². The van der Waals surface area contributed by atoms with Crippen LogP contribution in [0.1, 0.15) is 26.2 Å². The zero-order chi connectivity index (χ0) is 16.1. The molecule has 0 aromatic carbocycles. The molecule has 4 aliphatic heterocycles. The Hall–Kier alpha value is -1.05. The number of β-lactam (4-membered cyclic amide) rings is 1. The summed E-state index contributed by atoms with van der Waals surface area (Å²) in [6.45, 7) is 4.53. The molecule has 7 heteroatoms. The molecule has 0 aromatic heterocycles. The number of fused-ring (bicyclic) bond motifs is 1. The molecule has 3 unspecified atom stereocenters. The Morgan fingerprint density at radius 1 is 1.48 bits per heavy atom. The fourth-order valence-electron chi connectivity index (χ4n) is 4.00. The first-order chi connectivity index (χ1) is 11.0. The molecule has 126 valence electrons. The van der Waals surface area contributed by atoms with Crippen LogP contribution in [0.5, 0.6) is 0 Å². The number of likely N-dealkylation sites (tertiary alicyclic amines) is 1. The van der Waals surface area contributed by atoms with Gasteiger partial charge in [-0.2, -0.15) is 0 Å². The van der Waals surface area contributed by atoms with Crippen LogP contribution in [-0.2, 0) is 9.59 Å². The summed E-state index contributed by atoms with van der Waals surface area (Å²) < 4.78 is 0. The zero-order valence-corrected chi connectivity index (χ0v) is 14.2. The highest BCUT2D eigenvalue weighted by atomic mass is 32.2. The molecule has 4 heterocycles. The van der Waals surface area contributed by atoms with Gasteiger partial charge in [-0.3, -0.25) is 9.59 Å². The van der Waals surface area contributed by atoms with Crippen molar-refractivity contribution in [3.63, 3.8) is 0 Å². The lowest BCUT2D eigenvalue weighted by atomic mass is 9.94. The quantitative estimate of drug-likeness (QED) is 0.715. The van der Waals surface area contributed by atoms with Crippen molar-refractivity contribution in [2.45, 2.75) is 49.6 Å². The highest BCUT2D eigenvalue weighted by Gasteiger charge is 2.45. The monoisotopic (exact) mass is 336 g/mol. The van der Waals surface area contributed by atoms with E-state index < -0.39 is 0 Å². The number of nitrogens with zero attached hydrogens (tertiary/aromatic N) is 2. The Morgan fingerprint density at radius 3 is 2.96 bits per heavy atom. The first-order valence-electron chi connectivity index (χ1n) is 8.50. The third-order valence-electron chi connectivity index (χ3n) is 5.55. The first-order valence-corrected chi connectivity index (χ1v) is 9.38. The van der Waals surface area contributed by atoms with Crippen molar-refractivity contribution in [1.82, 2.24) is 15.1 Å². The normalized spacial score (nSPS) is 39.5. The Bertz CT molecular complexity index is 566. The van der Waals surface area contributed by atoms with E-state index in [1.165, 1.54) is 4.91 Å². The molecular weight excluding hydrogens is 312 g/mol. The van der Waals surface area contributed by atoms with Crippen molar-refractivity contribution < 1.29 is 9.59 Å². The fourth-order valence-corrected chi connectivity index (χ4v) is 5.40. The van der Waals surface area contributed by atoms with Crippen LogP contribution in [0.25, 0.3) is 0 Å². The smallest absolute Gasteiger partial charge is 0.239 e. The van der Waals surface area contributed by atoms with E-state index in [0.717, 1.165) is 25.9 Å². The summed E-state index contributed by atoms with van der Waals surface area (Å²) in [5, 5.41) is 3.78. The maximum Gasteiger partial charge on any atom is 0.239 e. The number of hydrogen-bond acceptors (Lipinski definition) is 5. The fraction of sp³-hybridized carbons (Fsp3) is 0.750. The summed E-state index contributed by atoms with van der Waals surface area (Å²) in [6.07, 6.45) is 4.48. The van der Waals surface area contributed by atoms with Gasteiger partial charge in [-0.15, -0.1) is 11.8 Å². The van der Waals surface area contributed by atoms with E-state index in [1.54, 1.807) is 0 Å². The van der Waals surface area contributed by atoms with Crippen molar-refractivity contribution in [1.29, 1.82) is 0 Å². The standard InChI is InChI=1S/C16H24N4O2S/c1-9-13-5-15(21)20(13)8-14(9)23-11-4-12(18-6-11)16(22)19-3-2-10(17)7-19/h8-13,18H,2-7,17H2,1H3/t9?,10?,11-,12-,13?/m0/s1. The SMILES string of the molecule is CC1C(S[C@@H]2CN[C@H](C(=O)N3CCC(N)C3)C2)=CN2C(=O)CC12. The average molecular weight is 336 g/mol. The van der Waals surface area contributed by atoms with Gasteiger partial charge in [0, 0.05) is 54.4 Å². The highest BCUT2D eigenvalue weighted by molar-refractivity contribution is 8.03. The molecule has 2 amide bonds. The summed E-state index contributed by atoms with van der Waals surface area (Å²) in [5.41, 5.74) is 5.90. The average Bonchev–Trinajstić information content (AvgIpc) is 3.21. The van der Waals surface area contributed by atoms with Crippen LogP contribution in [0, 0.1) is 5.92 Å². The number of carbonyl (C=O) groups is 2. The van der Waals surface area contributed by atoms with Gasteiger partial charge in [0.05, 0.1) is 12.1 Å². The van der Waals surface area contributed by atoms with E-state index in [-0.39, 0.29) is 23.9 Å². The Balaban J connectivity index is 1.32. The first kappa shape index (κ1) is 15.5. The largest absolute Gasteiger partial charge is 0.340 e. The third-order valence-corrected chi connectivity index (χ3v) is 6.99. The molecule has 0 saturated carbocycles. The van der Waals surface area contributed by atoms with Crippen molar-refractivity contribution >= 4 is 23.6 Å². The summed E-state index contributed by atoms with van der Waals surface area (Å²) >= 11 is 1.85. The maximum atomic E-state index is 12.5.